The van der Waals surface area contributed by atoms with Crippen LogP contribution in [0.15, 0.2) is 24.3 Å². The van der Waals surface area contributed by atoms with Gasteiger partial charge in [-0.25, -0.2) is 0 Å². The highest BCUT2D eigenvalue weighted by Gasteiger charge is 2.18. The van der Waals surface area contributed by atoms with Crippen LogP contribution >= 0.6 is 0 Å². The molecular formula is C10H10NO2. The molecule has 0 aromatic heterocycles. The van der Waals surface area contributed by atoms with Gasteiger partial charge in [0.1, 0.15) is 12.4 Å². The van der Waals surface area contributed by atoms with Gasteiger partial charge < -0.3 is 9.64 Å². The molecule has 3 heteroatoms. The number of fused-ring (bicyclic) bond motifs is 1. The molecule has 0 fully saturated rings. The third-order valence-corrected chi connectivity index (χ3v) is 2.05. The van der Waals surface area contributed by atoms with Crippen molar-refractivity contribution in [1.29, 1.82) is 0 Å². The maximum Gasteiger partial charge on any atom is 0.234 e. The summed E-state index contributed by atoms with van der Waals surface area (Å²) < 4.78 is 5.37. The van der Waals surface area contributed by atoms with E-state index in [0.29, 0.717) is 6.61 Å². The van der Waals surface area contributed by atoms with Crippen LogP contribution in [0.25, 0.3) is 0 Å². The van der Waals surface area contributed by atoms with Crippen LogP contribution in [-0.4, -0.2) is 19.6 Å². The van der Waals surface area contributed by atoms with Gasteiger partial charge >= 0.3 is 0 Å². The summed E-state index contributed by atoms with van der Waals surface area (Å²) in [6.45, 7) is 0.347. The Balaban J connectivity index is 2.46. The van der Waals surface area contributed by atoms with Crippen molar-refractivity contribution in [2.24, 2.45) is 0 Å². The molecule has 0 aliphatic carbocycles. The number of anilines is 1. The molecule has 1 aromatic carbocycles. The molecule has 0 atom stereocenters. The van der Waals surface area contributed by atoms with Gasteiger partial charge in [0.2, 0.25) is 5.91 Å². The molecule has 1 aliphatic rings. The van der Waals surface area contributed by atoms with Gasteiger partial charge in [-0.3, -0.25) is 4.79 Å². The fraction of sp³-hybridized carbons (Fsp3) is 0.200. The maximum atomic E-state index is 11.4. The third-order valence-electron chi connectivity index (χ3n) is 2.05. The Morgan fingerprint density at radius 3 is 3.00 bits per heavy atom. The van der Waals surface area contributed by atoms with Gasteiger partial charge in [-0.05, 0) is 12.1 Å². The summed E-state index contributed by atoms with van der Waals surface area (Å²) in [5.74, 6) is 0.733. The highest BCUT2D eigenvalue weighted by molar-refractivity contribution is 6.00. The topological polar surface area (TPSA) is 29.5 Å². The molecule has 1 amide bonds. The van der Waals surface area contributed by atoms with Gasteiger partial charge in [-0.2, -0.15) is 0 Å². The van der Waals surface area contributed by atoms with Crippen LogP contribution in [-0.2, 0) is 4.79 Å². The van der Waals surface area contributed by atoms with E-state index in [9.17, 15) is 4.79 Å². The van der Waals surface area contributed by atoms with E-state index in [2.05, 4.69) is 0 Å². The normalized spacial score (nSPS) is 16.1. The van der Waals surface area contributed by atoms with Crippen molar-refractivity contribution in [2.75, 3.05) is 18.6 Å². The van der Waals surface area contributed by atoms with Crippen molar-refractivity contribution in [3.63, 3.8) is 0 Å². The molecule has 0 bridgehead atoms. The lowest BCUT2D eigenvalue weighted by Gasteiger charge is -2.15. The molecule has 0 spiro atoms. The molecule has 1 aliphatic heterocycles. The van der Waals surface area contributed by atoms with Gasteiger partial charge in [0.25, 0.3) is 0 Å². The standard InChI is InChI=1S/C10H10NO2/c1-11-8-4-2-3-5-9(8)13-7-6-10(11)12/h2-6H,7H2,1H3. The number of carbonyl (C=O) groups is 1. The Bertz CT molecular complexity index is 335. The zero-order valence-corrected chi connectivity index (χ0v) is 7.36. The maximum absolute atomic E-state index is 11.4. The largest absolute Gasteiger partial charge is 0.491 e. The highest BCUT2D eigenvalue weighted by atomic mass is 16.5. The lowest BCUT2D eigenvalue weighted by Crippen LogP contribution is -2.25. The predicted molar refractivity (Wildman–Crippen MR) is 49.6 cm³/mol. The SMILES string of the molecule is CN1C(=O)[CH]COc2ccccc21. The molecule has 1 heterocycles. The Morgan fingerprint density at radius 2 is 2.15 bits per heavy atom. The first-order chi connectivity index (χ1) is 6.29. The molecular weight excluding hydrogens is 166 g/mol. The van der Waals surface area contributed by atoms with Crippen LogP contribution in [0.4, 0.5) is 5.69 Å². The molecule has 67 valence electrons. The summed E-state index contributed by atoms with van der Waals surface area (Å²) in [6.07, 6.45) is 1.53. The van der Waals surface area contributed by atoms with Gasteiger partial charge in [-0.1, -0.05) is 12.1 Å². The van der Waals surface area contributed by atoms with Crippen molar-refractivity contribution in [1.82, 2.24) is 0 Å². The summed E-state index contributed by atoms with van der Waals surface area (Å²) in [7, 11) is 1.74. The van der Waals surface area contributed by atoms with Gasteiger partial charge in [0, 0.05) is 7.05 Å². The second-order valence-corrected chi connectivity index (χ2v) is 2.88. The lowest BCUT2D eigenvalue weighted by molar-refractivity contribution is -0.115. The quantitative estimate of drug-likeness (QED) is 0.595. The second kappa shape index (κ2) is 3.09. The number of hydrogen-bond donors (Lipinski definition) is 0. The Labute approximate surface area is 76.9 Å². The Morgan fingerprint density at radius 1 is 1.38 bits per heavy atom. The minimum absolute atomic E-state index is 0.0232. The first-order valence-electron chi connectivity index (χ1n) is 4.12. The third kappa shape index (κ3) is 1.37. The molecule has 0 unspecified atom stereocenters. The number of amides is 1. The number of ether oxygens (including phenoxy) is 1. The van der Waals surface area contributed by atoms with Gasteiger partial charge in [0.15, 0.2) is 0 Å². The van der Waals surface area contributed by atoms with E-state index >= 15 is 0 Å². The van der Waals surface area contributed by atoms with Crippen LogP contribution in [0.3, 0.4) is 0 Å². The van der Waals surface area contributed by atoms with E-state index in [-0.39, 0.29) is 5.91 Å². The van der Waals surface area contributed by atoms with Crippen molar-refractivity contribution in [3.8, 4) is 5.75 Å². The van der Waals surface area contributed by atoms with E-state index in [1.807, 2.05) is 24.3 Å². The van der Waals surface area contributed by atoms with Crippen LogP contribution < -0.4 is 9.64 Å². The van der Waals surface area contributed by atoms with E-state index in [4.69, 9.17) is 4.74 Å². The van der Waals surface area contributed by atoms with Crippen molar-refractivity contribution >= 4 is 11.6 Å². The summed E-state index contributed by atoms with van der Waals surface area (Å²) in [5.41, 5.74) is 0.821. The van der Waals surface area contributed by atoms with E-state index in [1.54, 1.807) is 11.9 Å². The monoisotopic (exact) mass is 176 g/mol. The predicted octanol–water partition coefficient (Wildman–Crippen LogP) is 1.25. The molecule has 0 saturated carbocycles. The average Bonchev–Trinajstić information content (AvgIpc) is 2.29. The number of hydrogen-bond acceptors (Lipinski definition) is 2. The van der Waals surface area contributed by atoms with Gasteiger partial charge in [0.05, 0.1) is 12.1 Å². The number of benzene rings is 1. The average molecular weight is 176 g/mol. The fourth-order valence-electron chi connectivity index (χ4n) is 1.31. The summed E-state index contributed by atoms with van der Waals surface area (Å²) in [6, 6.07) is 7.50. The summed E-state index contributed by atoms with van der Waals surface area (Å²) >= 11 is 0. The van der Waals surface area contributed by atoms with Crippen LogP contribution in [0.2, 0.25) is 0 Å². The molecule has 1 radical (unpaired) electrons. The minimum Gasteiger partial charge on any atom is -0.491 e. The molecule has 0 saturated heterocycles. The fourth-order valence-corrected chi connectivity index (χ4v) is 1.31. The number of carbonyl (C=O) groups excluding carboxylic acids is 1. The summed E-state index contributed by atoms with van der Waals surface area (Å²) in [5, 5.41) is 0. The molecule has 0 N–H and O–H groups in total. The number of para-hydroxylation sites is 2. The van der Waals surface area contributed by atoms with Crippen molar-refractivity contribution in [3.05, 3.63) is 30.7 Å². The lowest BCUT2D eigenvalue weighted by atomic mass is 10.2. The Hall–Kier alpha value is -1.51. The molecule has 1 aromatic rings. The number of rotatable bonds is 0. The second-order valence-electron chi connectivity index (χ2n) is 2.88. The molecule has 2 rings (SSSR count). The first kappa shape index (κ1) is 8.10. The van der Waals surface area contributed by atoms with Crippen LogP contribution in [0.1, 0.15) is 0 Å². The highest BCUT2D eigenvalue weighted by Crippen LogP contribution is 2.29. The summed E-state index contributed by atoms with van der Waals surface area (Å²) in [4.78, 5) is 13.0. The van der Waals surface area contributed by atoms with E-state index in [1.165, 1.54) is 6.42 Å². The zero-order valence-electron chi connectivity index (χ0n) is 7.36. The van der Waals surface area contributed by atoms with Crippen molar-refractivity contribution < 1.29 is 9.53 Å². The molecule has 13 heavy (non-hydrogen) atoms. The minimum atomic E-state index is -0.0232. The Kier molecular flexibility index (Phi) is 1.93. The molecule has 3 nitrogen and oxygen atoms in total. The zero-order chi connectivity index (χ0) is 9.26. The first-order valence-corrected chi connectivity index (χ1v) is 4.12. The van der Waals surface area contributed by atoms with Crippen LogP contribution in [0.5, 0.6) is 5.75 Å². The van der Waals surface area contributed by atoms with Crippen LogP contribution in [0, 0.1) is 6.42 Å². The van der Waals surface area contributed by atoms with Gasteiger partial charge in [-0.15, -0.1) is 0 Å². The van der Waals surface area contributed by atoms with E-state index in [0.717, 1.165) is 11.4 Å². The van der Waals surface area contributed by atoms with E-state index < -0.39 is 0 Å². The van der Waals surface area contributed by atoms with Crippen molar-refractivity contribution in [2.45, 2.75) is 0 Å². The number of nitrogens with zero attached hydrogens (tertiary/aromatic N) is 1. The smallest absolute Gasteiger partial charge is 0.234 e.